The molecule has 0 saturated carbocycles. The van der Waals surface area contributed by atoms with Gasteiger partial charge < -0.3 is 0 Å². The zero-order valence-corrected chi connectivity index (χ0v) is 16.9. The molecule has 2 aromatic carbocycles. The molecular weight excluding hydrogens is 300 g/mol. The molecule has 0 aromatic heterocycles. The number of fused-ring (bicyclic) bond motifs is 1. The lowest BCUT2D eigenvalue weighted by molar-refractivity contribution is 0.680. The van der Waals surface area contributed by atoms with Crippen LogP contribution in [0.1, 0.15) is 95.2 Å². The van der Waals surface area contributed by atoms with E-state index < -0.39 is 0 Å². The molecule has 0 saturated heterocycles. The second-order valence-corrected chi connectivity index (χ2v) is 7.59. The van der Waals surface area contributed by atoms with Crippen LogP contribution in [-0.2, 0) is 19.3 Å². The van der Waals surface area contributed by atoms with Gasteiger partial charge in [0, 0.05) is 0 Å². The third-order valence-electron chi connectivity index (χ3n) is 5.48. The van der Waals surface area contributed by atoms with Crippen molar-refractivity contribution >= 4 is 10.8 Å². The topological polar surface area (TPSA) is 0 Å². The predicted molar refractivity (Wildman–Crippen MR) is 114 cm³/mol. The Morgan fingerprint density at radius 3 is 1.80 bits per heavy atom. The minimum atomic E-state index is 1.26. The van der Waals surface area contributed by atoms with Gasteiger partial charge in [-0.15, -0.1) is 0 Å². The molecule has 0 nitrogen and oxygen atoms in total. The summed E-state index contributed by atoms with van der Waals surface area (Å²) >= 11 is 0. The summed E-state index contributed by atoms with van der Waals surface area (Å²) in [4.78, 5) is 0. The van der Waals surface area contributed by atoms with Gasteiger partial charge in [0.25, 0.3) is 0 Å². The van der Waals surface area contributed by atoms with Gasteiger partial charge in [-0.2, -0.15) is 0 Å². The number of hydrogen-bond donors (Lipinski definition) is 0. The molecule has 2 aromatic rings. The molecule has 0 spiro atoms. The van der Waals surface area contributed by atoms with E-state index in [9.17, 15) is 0 Å². The molecule has 0 bridgehead atoms. The van der Waals surface area contributed by atoms with E-state index >= 15 is 0 Å². The summed E-state index contributed by atoms with van der Waals surface area (Å²) in [5.41, 5.74) is 5.03. The standard InChI is InChI=1S/C25H38/c1-4-7-10-15-21-20-22-16-13-14-18-24(22)25(19-12-9-6-3)23(21)17-11-8-5-2/h13-14,16,18,20H,4-12,15,17,19H2,1-3H3. The summed E-state index contributed by atoms with van der Waals surface area (Å²) in [6.45, 7) is 6.92. The molecular formula is C25H38. The van der Waals surface area contributed by atoms with Crippen molar-refractivity contribution in [3.63, 3.8) is 0 Å². The normalized spacial score (nSPS) is 11.3. The summed E-state index contributed by atoms with van der Waals surface area (Å²) in [5, 5.41) is 2.98. The molecule has 0 heteroatoms. The van der Waals surface area contributed by atoms with E-state index in [2.05, 4.69) is 51.1 Å². The molecule has 0 aliphatic heterocycles. The second-order valence-electron chi connectivity index (χ2n) is 7.59. The van der Waals surface area contributed by atoms with E-state index in [-0.39, 0.29) is 0 Å². The van der Waals surface area contributed by atoms with Gasteiger partial charge in [-0.05, 0) is 66.0 Å². The van der Waals surface area contributed by atoms with Gasteiger partial charge in [-0.3, -0.25) is 0 Å². The van der Waals surface area contributed by atoms with Gasteiger partial charge in [-0.25, -0.2) is 0 Å². The van der Waals surface area contributed by atoms with Crippen molar-refractivity contribution in [3.05, 3.63) is 47.0 Å². The van der Waals surface area contributed by atoms with Gasteiger partial charge in [0.1, 0.15) is 0 Å². The summed E-state index contributed by atoms with van der Waals surface area (Å²) < 4.78 is 0. The fraction of sp³-hybridized carbons (Fsp3) is 0.600. The van der Waals surface area contributed by atoms with E-state index in [1.165, 1.54) is 87.8 Å². The predicted octanol–water partition coefficient (Wildman–Crippen LogP) is 8.04. The molecule has 0 atom stereocenters. The Morgan fingerprint density at radius 1 is 0.600 bits per heavy atom. The van der Waals surface area contributed by atoms with Gasteiger partial charge in [0.15, 0.2) is 0 Å². The average molecular weight is 339 g/mol. The average Bonchev–Trinajstić information content (AvgIpc) is 2.63. The highest BCUT2D eigenvalue weighted by Crippen LogP contribution is 2.30. The first-order valence-corrected chi connectivity index (χ1v) is 10.8. The lowest BCUT2D eigenvalue weighted by Crippen LogP contribution is -2.03. The van der Waals surface area contributed by atoms with E-state index in [0.29, 0.717) is 0 Å². The fourth-order valence-electron chi connectivity index (χ4n) is 4.02. The molecule has 25 heavy (non-hydrogen) atoms. The molecule has 0 radical (unpaired) electrons. The maximum absolute atomic E-state index is 2.51. The van der Waals surface area contributed by atoms with Crippen molar-refractivity contribution in [2.75, 3.05) is 0 Å². The van der Waals surface area contributed by atoms with Crippen LogP contribution in [-0.4, -0.2) is 0 Å². The molecule has 0 aliphatic carbocycles. The zero-order valence-electron chi connectivity index (χ0n) is 16.9. The van der Waals surface area contributed by atoms with Crippen LogP contribution < -0.4 is 0 Å². The molecule has 2 rings (SSSR count). The van der Waals surface area contributed by atoms with Crippen LogP contribution in [0, 0.1) is 0 Å². The van der Waals surface area contributed by atoms with Crippen molar-refractivity contribution < 1.29 is 0 Å². The number of aryl methyl sites for hydroxylation is 2. The molecule has 0 heterocycles. The summed E-state index contributed by atoms with van der Waals surface area (Å²) in [5.74, 6) is 0. The summed E-state index contributed by atoms with van der Waals surface area (Å²) in [6.07, 6.45) is 15.8. The van der Waals surface area contributed by atoms with Crippen molar-refractivity contribution in [2.45, 2.75) is 97.8 Å². The maximum atomic E-state index is 2.51. The lowest BCUT2D eigenvalue weighted by Gasteiger charge is -2.19. The highest BCUT2D eigenvalue weighted by atomic mass is 14.2. The van der Waals surface area contributed by atoms with Crippen molar-refractivity contribution in [3.8, 4) is 0 Å². The largest absolute Gasteiger partial charge is 0.0654 e. The first-order chi connectivity index (χ1) is 12.3. The van der Waals surface area contributed by atoms with Crippen LogP contribution >= 0.6 is 0 Å². The molecule has 138 valence electrons. The quantitative estimate of drug-likeness (QED) is 0.343. The van der Waals surface area contributed by atoms with Crippen LogP contribution in [0.4, 0.5) is 0 Å². The van der Waals surface area contributed by atoms with Crippen LogP contribution in [0.2, 0.25) is 0 Å². The summed E-state index contributed by atoms with van der Waals surface area (Å²) in [6, 6.07) is 11.6. The summed E-state index contributed by atoms with van der Waals surface area (Å²) in [7, 11) is 0. The van der Waals surface area contributed by atoms with Gasteiger partial charge in [0.2, 0.25) is 0 Å². The van der Waals surface area contributed by atoms with Crippen molar-refractivity contribution in [2.24, 2.45) is 0 Å². The molecule has 0 aliphatic rings. The van der Waals surface area contributed by atoms with Crippen molar-refractivity contribution in [1.29, 1.82) is 0 Å². The smallest absolute Gasteiger partial charge is 0.0149 e. The number of unbranched alkanes of at least 4 members (excludes halogenated alkanes) is 6. The minimum Gasteiger partial charge on any atom is -0.0654 e. The first kappa shape index (κ1) is 20.0. The lowest BCUT2D eigenvalue weighted by atomic mass is 9.86. The van der Waals surface area contributed by atoms with E-state index in [1.807, 2.05) is 0 Å². The Morgan fingerprint density at radius 2 is 1.16 bits per heavy atom. The molecule has 0 unspecified atom stereocenters. The molecule has 0 amide bonds. The Hall–Kier alpha value is -1.30. The third-order valence-corrected chi connectivity index (χ3v) is 5.48. The Bertz CT molecular complexity index is 623. The molecule has 0 fully saturated rings. The van der Waals surface area contributed by atoms with Gasteiger partial charge >= 0.3 is 0 Å². The van der Waals surface area contributed by atoms with Crippen LogP contribution in [0.3, 0.4) is 0 Å². The van der Waals surface area contributed by atoms with Gasteiger partial charge in [-0.1, -0.05) is 89.6 Å². The number of rotatable bonds is 12. The van der Waals surface area contributed by atoms with Crippen LogP contribution in [0.25, 0.3) is 10.8 Å². The monoisotopic (exact) mass is 338 g/mol. The second kappa shape index (κ2) is 11.3. The van der Waals surface area contributed by atoms with E-state index in [1.54, 1.807) is 16.7 Å². The SMILES string of the molecule is CCCCCc1cc2ccccc2c(CCCCC)c1CCCCC. The van der Waals surface area contributed by atoms with E-state index in [4.69, 9.17) is 0 Å². The zero-order chi connectivity index (χ0) is 17.9. The van der Waals surface area contributed by atoms with Crippen LogP contribution in [0.5, 0.6) is 0 Å². The fourth-order valence-corrected chi connectivity index (χ4v) is 4.02. The minimum absolute atomic E-state index is 1.26. The van der Waals surface area contributed by atoms with Crippen LogP contribution in [0.15, 0.2) is 30.3 Å². The highest BCUT2D eigenvalue weighted by Gasteiger charge is 2.13. The maximum Gasteiger partial charge on any atom is -0.0149 e. The molecule has 0 N–H and O–H groups in total. The third kappa shape index (κ3) is 5.87. The van der Waals surface area contributed by atoms with Gasteiger partial charge in [0.05, 0.1) is 0 Å². The number of benzene rings is 2. The Kier molecular flexibility index (Phi) is 9.08. The van der Waals surface area contributed by atoms with Crippen molar-refractivity contribution in [1.82, 2.24) is 0 Å². The number of hydrogen-bond acceptors (Lipinski definition) is 0. The Labute approximate surface area is 156 Å². The van der Waals surface area contributed by atoms with E-state index in [0.717, 1.165) is 0 Å². The Balaban J connectivity index is 2.40. The first-order valence-electron chi connectivity index (χ1n) is 10.8. The highest BCUT2D eigenvalue weighted by molar-refractivity contribution is 5.88.